The zero-order valence-electron chi connectivity index (χ0n) is 18.2. The number of likely N-dealkylation sites (tertiary alicyclic amines) is 1. The van der Waals surface area contributed by atoms with E-state index in [0.717, 1.165) is 22.6 Å². The number of para-hydroxylation sites is 1. The number of aromatic nitrogens is 4. The van der Waals surface area contributed by atoms with Crippen molar-refractivity contribution in [1.29, 1.82) is 0 Å². The maximum absolute atomic E-state index is 13.1. The lowest BCUT2D eigenvalue weighted by Gasteiger charge is -2.16. The summed E-state index contributed by atoms with van der Waals surface area (Å²) in [6, 6.07) is 9.47. The normalized spacial score (nSPS) is 16.1. The van der Waals surface area contributed by atoms with Crippen molar-refractivity contribution in [2.24, 2.45) is 5.92 Å². The Morgan fingerprint density at radius 3 is 2.58 bits per heavy atom. The number of hydrogen-bond acceptors (Lipinski definition) is 5. The molecule has 0 aliphatic carbocycles. The van der Waals surface area contributed by atoms with Gasteiger partial charge in [-0.2, -0.15) is 10.2 Å². The highest BCUT2D eigenvalue weighted by atomic mass is 16.2. The summed E-state index contributed by atoms with van der Waals surface area (Å²) in [5, 5.41) is 8.79. The van der Waals surface area contributed by atoms with Gasteiger partial charge in [-0.15, -0.1) is 0 Å². The average molecular weight is 421 g/mol. The van der Waals surface area contributed by atoms with E-state index in [9.17, 15) is 9.59 Å². The van der Waals surface area contributed by atoms with Crippen molar-refractivity contribution in [3.8, 4) is 5.69 Å². The van der Waals surface area contributed by atoms with Crippen LogP contribution in [0.5, 0.6) is 0 Å². The number of nitrogen functional groups attached to an aromatic ring is 1. The van der Waals surface area contributed by atoms with Gasteiger partial charge in [0.1, 0.15) is 5.82 Å². The Bertz CT molecular complexity index is 1110. The van der Waals surface area contributed by atoms with E-state index in [1.165, 1.54) is 6.20 Å². The quantitative estimate of drug-likeness (QED) is 0.618. The Hall–Kier alpha value is -3.42. The molecule has 1 aliphatic rings. The molecule has 3 aromatic rings. The summed E-state index contributed by atoms with van der Waals surface area (Å²) in [4.78, 5) is 27.6. The van der Waals surface area contributed by atoms with Crippen molar-refractivity contribution in [1.82, 2.24) is 24.5 Å². The average Bonchev–Trinajstić information content (AvgIpc) is 3.47. The smallest absolute Gasteiger partial charge is 0.224 e. The van der Waals surface area contributed by atoms with Gasteiger partial charge >= 0.3 is 0 Å². The van der Waals surface area contributed by atoms with Crippen molar-refractivity contribution in [2.75, 3.05) is 18.8 Å². The maximum Gasteiger partial charge on any atom is 0.224 e. The number of Topliss-reactive ketones (excluding diaryl/α,β-unsaturated/α-hetero) is 1. The van der Waals surface area contributed by atoms with Crippen LogP contribution in [0, 0.1) is 26.7 Å². The lowest BCUT2D eigenvalue weighted by molar-refractivity contribution is -0.130. The second kappa shape index (κ2) is 8.37. The van der Waals surface area contributed by atoms with E-state index in [1.54, 1.807) is 9.58 Å². The van der Waals surface area contributed by atoms with E-state index in [1.807, 2.05) is 55.8 Å². The standard InChI is InChI=1S/C23H28N6O2/c1-15-16(2)26-28(17(15)3)12-10-21(30)27-11-9-18(14-27)22(31)20-13-25-29(23(20)24)19-7-5-4-6-8-19/h4-8,13,18H,9-12,14,24H2,1-3H3. The van der Waals surface area contributed by atoms with Crippen molar-refractivity contribution in [3.63, 3.8) is 0 Å². The summed E-state index contributed by atoms with van der Waals surface area (Å²) in [7, 11) is 0. The third-order valence-corrected chi connectivity index (χ3v) is 6.27. The van der Waals surface area contributed by atoms with E-state index in [4.69, 9.17) is 5.73 Å². The second-order valence-corrected chi connectivity index (χ2v) is 8.15. The molecule has 0 bridgehead atoms. The first-order valence-electron chi connectivity index (χ1n) is 10.6. The minimum absolute atomic E-state index is 0.0495. The number of carbonyl (C=O) groups is 2. The van der Waals surface area contributed by atoms with Gasteiger partial charge in [-0.05, 0) is 44.9 Å². The molecular weight excluding hydrogens is 392 g/mol. The van der Waals surface area contributed by atoms with E-state index < -0.39 is 0 Å². The van der Waals surface area contributed by atoms with Crippen LogP contribution in [-0.2, 0) is 11.3 Å². The molecule has 8 nitrogen and oxygen atoms in total. The van der Waals surface area contributed by atoms with Crippen LogP contribution in [0.4, 0.5) is 5.82 Å². The first kappa shape index (κ1) is 20.8. The molecule has 31 heavy (non-hydrogen) atoms. The topological polar surface area (TPSA) is 99.0 Å². The van der Waals surface area contributed by atoms with Gasteiger partial charge in [0.2, 0.25) is 5.91 Å². The molecule has 1 aliphatic heterocycles. The summed E-state index contributed by atoms with van der Waals surface area (Å²) in [5.41, 5.74) is 10.7. The zero-order valence-corrected chi connectivity index (χ0v) is 18.2. The molecule has 2 N–H and O–H groups in total. The highest BCUT2D eigenvalue weighted by molar-refractivity contribution is 6.02. The summed E-state index contributed by atoms with van der Waals surface area (Å²) in [6.45, 7) is 7.58. The summed E-state index contributed by atoms with van der Waals surface area (Å²) < 4.78 is 3.46. The summed E-state index contributed by atoms with van der Waals surface area (Å²) >= 11 is 0. The molecule has 1 aromatic carbocycles. The molecule has 162 valence electrons. The zero-order chi connectivity index (χ0) is 22.1. The Morgan fingerprint density at radius 1 is 1.16 bits per heavy atom. The van der Waals surface area contributed by atoms with Gasteiger partial charge in [-0.1, -0.05) is 18.2 Å². The van der Waals surface area contributed by atoms with Gasteiger partial charge in [0.05, 0.1) is 23.1 Å². The van der Waals surface area contributed by atoms with E-state index in [-0.39, 0.29) is 17.6 Å². The van der Waals surface area contributed by atoms with Crippen molar-refractivity contribution in [2.45, 2.75) is 40.2 Å². The van der Waals surface area contributed by atoms with Crippen LogP contribution in [0.2, 0.25) is 0 Å². The van der Waals surface area contributed by atoms with Gasteiger partial charge in [0, 0.05) is 37.7 Å². The molecule has 4 rings (SSSR count). The largest absolute Gasteiger partial charge is 0.383 e. The van der Waals surface area contributed by atoms with Crippen molar-refractivity contribution in [3.05, 3.63) is 59.0 Å². The monoisotopic (exact) mass is 420 g/mol. The Morgan fingerprint density at radius 2 is 1.90 bits per heavy atom. The molecule has 1 unspecified atom stereocenters. The first-order valence-corrected chi connectivity index (χ1v) is 10.6. The number of anilines is 1. The lowest BCUT2D eigenvalue weighted by Crippen LogP contribution is -2.30. The minimum Gasteiger partial charge on any atom is -0.383 e. The molecule has 3 heterocycles. The summed E-state index contributed by atoms with van der Waals surface area (Å²) in [5.74, 6) is 0.0779. The molecule has 0 saturated carbocycles. The van der Waals surface area contributed by atoms with Gasteiger partial charge in [0.15, 0.2) is 5.78 Å². The highest BCUT2D eigenvalue weighted by Crippen LogP contribution is 2.26. The molecule has 1 atom stereocenters. The molecule has 1 fully saturated rings. The number of amides is 1. The number of nitrogens with zero attached hydrogens (tertiary/aromatic N) is 5. The second-order valence-electron chi connectivity index (χ2n) is 8.15. The first-order chi connectivity index (χ1) is 14.9. The fraction of sp³-hybridized carbons (Fsp3) is 0.391. The lowest BCUT2D eigenvalue weighted by atomic mass is 9.98. The Kier molecular flexibility index (Phi) is 5.63. The van der Waals surface area contributed by atoms with Crippen LogP contribution in [0.1, 0.15) is 40.2 Å². The predicted molar refractivity (Wildman–Crippen MR) is 118 cm³/mol. The van der Waals surface area contributed by atoms with E-state index in [0.29, 0.717) is 43.9 Å². The third-order valence-electron chi connectivity index (χ3n) is 6.27. The number of aryl methyl sites for hydroxylation is 2. The number of carbonyl (C=O) groups excluding carboxylic acids is 2. The molecule has 8 heteroatoms. The number of ketones is 1. The van der Waals surface area contributed by atoms with Gasteiger partial charge in [-0.25, -0.2) is 4.68 Å². The molecule has 2 aromatic heterocycles. The Balaban J connectivity index is 1.38. The number of benzene rings is 1. The fourth-order valence-electron chi connectivity index (χ4n) is 4.11. The van der Waals surface area contributed by atoms with Gasteiger partial charge < -0.3 is 10.6 Å². The molecule has 0 spiro atoms. The SMILES string of the molecule is Cc1nn(CCC(=O)N2CCC(C(=O)c3cnn(-c4ccccc4)c3N)C2)c(C)c1C. The molecule has 0 radical (unpaired) electrons. The molecule has 1 amide bonds. The van der Waals surface area contributed by atoms with Crippen molar-refractivity contribution >= 4 is 17.5 Å². The maximum atomic E-state index is 13.1. The summed E-state index contributed by atoms with van der Waals surface area (Å²) in [6.07, 6.45) is 2.54. The van der Waals surface area contributed by atoms with E-state index >= 15 is 0 Å². The third kappa shape index (κ3) is 3.97. The predicted octanol–water partition coefficient (Wildman–Crippen LogP) is 2.70. The number of rotatable bonds is 6. The highest BCUT2D eigenvalue weighted by Gasteiger charge is 2.33. The van der Waals surface area contributed by atoms with Crippen LogP contribution < -0.4 is 5.73 Å². The van der Waals surface area contributed by atoms with Gasteiger partial charge in [0.25, 0.3) is 0 Å². The van der Waals surface area contributed by atoms with Crippen LogP contribution in [0.3, 0.4) is 0 Å². The van der Waals surface area contributed by atoms with Crippen molar-refractivity contribution < 1.29 is 9.59 Å². The van der Waals surface area contributed by atoms with Crippen LogP contribution in [0.25, 0.3) is 5.69 Å². The van der Waals surface area contributed by atoms with Crippen LogP contribution >= 0.6 is 0 Å². The van der Waals surface area contributed by atoms with Gasteiger partial charge in [-0.3, -0.25) is 14.3 Å². The number of nitrogens with two attached hydrogens (primary N) is 1. The minimum atomic E-state index is -0.254. The number of hydrogen-bond donors (Lipinski definition) is 1. The molecule has 1 saturated heterocycles. The fourth-order valence-corrected chi connectivity index (χ4v) is 4.11. The van der Waals surface area contributed by atoms with Crippen LogP contribution in [0.15, 0.2) is 36.5 Å². The van der Waals surface area contributed by atoms with E-state index in [2.05, 4.69) is 10.2 Å². The van der Waals surface area contributed by atoms with Crippen LogP contribution in [-0.4, -0.2) is 49.2 Å². The Labute approximate surface area is 181 Å². The molecular formula is C23H28N6O2.